The molecule has 0 atom stereocenters. The third-order valence-corrected chi connectivity index (χ3v) is 8.14. The number of benzene rings is 3. The molecule has 0 bridgehead atoms. The lowest BCUT2D eigenvalue weighted by Crippen LogP contribution is -2.23. The van der Waals surface area contributed by atoms with Crippen molar-refractivity contribution >= 4 is 55.1 Å². The number of esters is 2. The standard InChI is InChI=1S/C28H27N3O7S2/c1-4-37-25(32)17-31-23-15-12-19(27(34)38-5-2)16-24(23)39-28(31)29-26(33)21-8-6-7-9-22(21)30-40(35,36)20-13-10-18(3)11-14-20/h6-16,30H,4-5,17H2,1-3H3. The Balaban J connectivity index is 1.77. The average molecular weight is 582 g/mol. The summed E-state index contributed by atoms with van der Waals surface area (Å²) in [6.07, 6.45) is 0. The normalized spacial score (nSPS) is 11.8. The van der Waals surface area contributed by atoms with Gasteiger partial charge in [0.05, 0.1) is 45.1 Å². The highest BCUT2D eigenvalue weighted by Gasteiger charge is 2.20. The van der Waals surface area contributed by atoms with E-state index in [1.54, 1.807) is 56.3 Å². The molecule has 1 N–H and O–H groups in total. The summed E-state index contributed by atoms with van der Waals surface area (Å²) < 4.78 is 40.7. The van der Waals surface area contributed by atoms with Crippen molar-refractivity contribution in [1.82, 2.24) is 4.57 Å². The van der Waals surface area contributed by atoms with Gasteiger partial charge in [-0.2, -0.15) is 4.99 Å². The Labute approximate surface area is 234 Å². The summed E-state index contributed by atoms with van der Waals surface area (Å²) in [6.45, 7) is 5.40. The molecule has 40 heavy (non-hydrogen) atoms. The average Bonchev–Trinajstić information content (AvgIpc) is 3.24. The molecular formula is C28H27N3O7S2. The molecule has 4 aromatic rings. The number of aromatic nitrogens is 1. The van der Waals surface area contributed by atoms with Crippen molar-refractivity contribution in [1.29, 1.82) is 0 Å². The minimum Gasteiger partial charge on any atom is -0.465 e. The largest absolute Gasteiger partial charge is 0.465 e. The Morgan fingerprint density at radius 2 is 1.65 bits per heavy atom. The smallest absolute Gasteiger partial charge is 0.338 e. The molecule has 3 aromatic carbocycles. The SMILES string of the molecule is CCOC(=O)Cn1c(=NC(=O)c2ccccc2NS(=O)(=O)c2ccc(C)cc2)sc2cc(C(=O)OCC)ccc21. The number of ether oxygens (including phenoxy) is 2. The number of thiazole rings is 1. The predicted molar refractivity (Wildman–Crippen MR) is 151 cm³/mol. The van der Waals surface area contributed by atoms with Gasteiger partial charge in [0.15, 0.2) is 4.80 Å². The molecule has 0 saturated heterocycles. The number of nitrogens with zero attached hydrogens (tertiary/aromatic N) is 2. The maximum absolute atomic E-state index is 13.4. The number of fused-ring (bicyclic) bond motifs is 1. The quantitative estimate of drug-likeness (QED) is 0.292. The monoisotopic (exact) mass is 581 g/mol. The number of carbonyl (C=O) groups excluding carboxylic acids is 3. The summed E-state index contributed by atoms with van der Waals surface area (Å²) in [5, 5.41) is 0. The van der Waals surface area contributed by atoms with Crippen LogP contribution in [-0.2, 0) is 30.8 Å². The third kappa shape index (κ3) is 6.46. The van der Waals surface area contributed by atoms with Gasteiger partial charge >= 0.3 is 11.9 Å². The van der Waals surface area contributed by atoms with Crippen LogP contribution in [0.5, 0.6) is 0 Å². The number of sulfonamides is 1. The van der Waals surface area contributed by atoms with Crippen molar-refractivity contribution in [2.75, 3.05) is 17.9 Å². The summed E-state index contributed by atoms with van der Waals surface area (Å²) in [6, 6.07) is 17.2. The third-order valence-electron chi connectivity index (χ3n) is 5.72. The van der Waals surface area contributed by atoms with Gasteiger partial charge in [0.2, 0.25) is 0 Å². The van der Waals surface area contributed by atoms with Crippen LogP contribution in [0.3, 0.4) is 0 Å². The maximum Gasteiger partial charge on any atom is 0.338 e. The fraction of sp³-hybridized carbons (Fsp3) is 0.214. The molecule has 1 aromatic heterocycles. The van der Waals surface area contributed by atoms with E-state index in [1.807, 2.05) is 6.92 Å². The second-order valence-electron chi connectivity index (χ2n) is 8.56. The highest BCUT2D eigenvalue weighted by atomic mass is 32.2. The zero-order chi connectivity index (χ0) is 28.9. The number of aryl methyl sites for hydroxylation is 1. The van der Waals surface area contributed by atoms with Gasteiger partial charge in [-0.05, 0) is 63.2 Å². The van der Waals surface area contributed by atoms with E-state index >= 15 is 0 Å². The Morgan fingerprint density at radius 1 is 0.950 bits per heavy atom. The van der Waals surface area contributed by atoms with Crippen molar-refractivity contribution in [3.63, 3.8) is 0 Å². The number of hydrogen-bond donors (Lipinski definition) is 1. The zero-order valence-corrected chi connectivity index (χ0v) is 23.7. The lowest BCUT2D eigenvalue weighted by molar-refractivity contribution is -0.143. The van der Waals surface area contributed by atoms with Crippen LogP contribution in [0.4, 0.5) is 5.69 Å². The van der Waals surface area contributed by atoms with E-state index in [-0.39, 0.29) is 40.7 Å². The molecule has 0 radical (unpaired) electrons. The molecule has 12 heteroatoms. The van der Waals surface area contributed by atoms with E-state index in [4.69, 9.17) is 9.47 Å². The molecule has 1 heterocycles. The first kappa shape index (κ1) is 28.7. The van der Waals surface area contributed by atoms with Gasteiger partial charge < -0.3 is 14.0 Å². The van der Waals surface area contributed by atoms with Crippen LogP contribution in [0.2, 0.25) is 0 Å². The van der Waals surface area contributed by atoms with E-state index < -0.39 is 27.9 Å². The van der Waals surface area contributed by atoms with Crippen LogP contribution in [0.25, 0.3) is 10.2 Å². The highest BCUT2D eigenvalue weighted by Crippen LogP contribution is 2.23. The van der Waals surface area contributed by atoms with E-state index in [1.165, 1.54) is 28.8 Å². The second kappa shape index (κ2) is 12.3. The van der Waals surface area contributed by atoms with Crippen LogP contribution in [0.1, 0.15) is 40.1 Å². The zero-order valence-electron chi connectivity index (χ0n) is 22.0. The molecule has 0 unspecified atom stereocenters. The first-order valence-electron chi connectivity index (χ1n) is 12.4. The van der Waals surface area contributed by atoms with Crippen LogP contribution in [-0.4, -0.2) is 44.0 Å². The number of rotatable bonds is 9. The molecular weight excluding hydrogens is 554 g/mol. The van der Waals surface area contributed by atoms with Crippen molar-refractivity contribution < 1.29 is 32.3 Å². The molecule has 0 aliphatic rings. The van der Waals surface area contributed by atoms with E-state index in [9.17, 15) is 22.8 Å². The van der Waals surface area contributed by atoms with Crippen molar-refractivity contribution in [3.05, 3.63) is 88.2 Å². The first-order valence-corrected chi connectivity index (χ1v) is 14.7. The van der Waals surface area contributed by atoms with Gasteiger partial charge in [0.1, 0.15) is 6.54 Å². The second-order valence-corrected chi connectivity index (χ2v) is 11.3. The Morgan fingerprint density at radius 3 is 2.35 bits per heavy atom. The number of anilines is 1. The topological polar surface area (TPSA) is 133 Å². The number of amides is 1. The minimum atomic E-state index is -3.98. The van der Waals surface area contributed by atoms with Crippen LogP contribution >= 0.6 is 11.3 Å². The first-order chi connectivity index (χ1) is 19.1. The Kier molecular flexibility index (Phi) is 8.80. The summed E-state index contributed by atoms with van der Waals surface area (Å²) >= 11 is 1.10. The molecule has 0 aliphatic carbocycles. The van der Waals surface area contributed by atoms with Gasteiger partial charge in [-0.15, -0.1) is 0 Å². The molecule has 1 amide bonds. The number of carbonyl (C=O) groups is 3. The van der Waals surface area contributed by atoms with Crippen LogP contribution in [0.15, 0.2) is 76.6 Å². The van der Waals surface area contributed by atoms with Gasteiger partial charge in [-0.1, -0.05) is 41.2 Å². The highest BCUT2D eigenvalue weighted by molar-refractivity contribution is 7.92. The Bertz CT molecular complexity index is 1750. The molecule has 0 spiro atoms. The van der Waals surface area contributed by atoms with E-state index in [0.29, 0.717) is 15.8 Å². The number of hydrogen-bond acceptors (Lipinski definition) is 8. The fourth-order valence-electron chi connectivity index (χ4n) is 3.82. The summed E-state index contributed by atoms with van der Waals surface area (Å²) in [7, 11) is -3.98. The summed E-state index contributed by atoms with van der Waals surface area (Å²) in [5.74, 6) is -1.76. The molecule has 0 saturated carbocycles. The summed E-state index contributed by atoms with van der Waals surface area (Å²) in [5.41, 5.74) is 1.85. The predicted octanol–water partition coefficient (Wildman–Crippen LogP) is 4.29. The van der Waals surface area contributed by atoms with Gasteiger partial charge in [0.25, 0.3) is 15.9 Å². The number of nitrogens with one attached hydrogen (secondary N) is 1. The van der Waals surface area contributed by atoms with Crippen molar-refractivity contribution in [3.8, 4) is 0 Å². The van der Waals surface area contributed by atoms with Crippen LogP contribution < -0.4 is 9.52 Å². The van der Waals surface area contributed by atoms with Gasteiger partial charge in [-0.25, -0.2) is 13.2 Å². The maximum atomic E-state index is 13.4. The molecule has 0 fully saturated rings. The van der Waals surface area contributed by atoms with Gasteiger partial charge in [-0.3, -0.25) is 14.3 Å². The Hall–Kier alpha value is -4.29. The fourth-order valence-corrected chi connectivity index (χ4v) is 5.96. The molecule has 4 rings (SSSR count). The molecule has 0 aliphatic heterocycles. The summed E-state index contributed by atoms with van der Waals surface area (Å²) in [4.78, 5) is 42.5. The van der Waals surface area contributed by atoms with Gasteiger partial charge in [0, 0.05) is 0 Å². The molecule has 10 nitrogen and oxygen atoms in total. The lowest BCUT2D eigenvalue weighted by Gasteiger charge is -2.11. The lowest BCUT2D eigenvalue weighted by atomic mass is 10.2. The molecule has 208 valence electrons. The van der Waals surface area contributed by atoms with Crippen LogP contribution in [0, 0.1) is 6.92 Å². The van der Waals surface area contributed by atoms with E-state index in [0.717, 1.165) is 16.9 Å². The van der Waals surface area contributed by atoms with Crippen molar-refractivity contribution in [2.45, 2.75) is 32.2 Å². The van der Waals surface area contributed by atoms with E-state index in [2.05, 4.69) is 9.71 Å². The minimum absolute atomic E-state index is 0.0190. The van der Waals surface area contributed by atoms with Crippen molar-refractivity contribution in [2.24, 2.45) is 4.99 Å². The number of para-hydroxylation sites is 1.